The van der Waals surface area contributed by atoms with Crippen LogP contribution in [0.1, 0.15) is 30.9 Å². The zero-order valence-corrected chi connectivity index (χ0v) is 13.9. The van der Waals surface area contributed by atoms with Crippen molar-refractivity contribution in [3.63, 3.8) is 0 Å². The summed E-state index contributed by atoms with van der Waals surface area (Å²) in [5.41, 5.74) is 2.91. The summed E-state index contributed by atoms with van der Waals surface area (Å²) >= 11 is 0. The first-order valence-corrected chi connectivity index (χ1v) is 8.40. The summed E-state index contributed by atoms with van der Waals surface area (Å²) in [6, 6.07) is 10.7. The Labute approximate surface area is 131 Å². The SMILES string of the molecule is COc1cc(C(C)C)c(S(=O)(=O)[O-])cc1-c1ccccc1C. The summed E-state index contributed by atoms with van der Waals surface area (Å²) in [5, 5.41) is 0. The van der Waals surface area contributed by atoms with Gasteiger partial charge in [-0.15, -0.1) is 0 Å². The van der Waals surface area contributed by atoms with Gasteiger partial charge in [-0.3, -0.25) is 0 Å². The number of aryl methyl sites for hydroxylation is 1. The van der Waals surface area contributed by atoms with Crippen molar-refractivity contribution < 1.29 is 17.7 Å². The van der Waals surface area contributed by atoms with E-state index in [1.54, 1.807) is 6.07 Å². The van der Waals surface area contributed by atoms with Crippen LogP contribution in [0.15, 0.2) is 41.3 Å². The zero-order valence-electron chi connectivity index (χ0n) is 13.1. The molecule has 0 radical (unpaired) electrons. The maximum absolute atomic E-state index is 11.6. The minimum absolute atomic E-state index is 0.0986. The Balaban J connectivity index is 2.83. The first kappa shape index (κ1) is 16.5. The van der Waals surface area contributed by atoms with Gasteiger partial charge < -0.3 is 9.29 Å². The number of ether oxygens (including phenoxy) is 1. The van der Waals surface area contributed by atoms with E-state index in [9.17, 15) is 13.0 Å². The lowest BCUT2D eigenvalue weighted by Gasteiger charge is -2.20. The number of hydrogen-bond acceptors (Lipinski definition) is 4. The van der Waals surface area contributed by atoms with Crippen LogP contribution in [-0.2, 0) is 10.1 Å². The van der Waals surface area contributed by atoms with E-state index >= 15 is 0 Å². The number of methoxy groups -OCH3 is 1. The lowest BCUT2D eigenvalue weighted by Crippen LogP contribution is -2.06. The third-order valence-electron chi connectivity index (χ3n) is 3.66. The van der Waals surface area contributed by atoms with Crippen molar-refractivity contribution in [2.24, 2.45) is 0 Å². The molecule has 2 aromatic rings. The molecule has 4 nitrogen and oxygen atoms in total. The Bertz CT molecular complexity index is 792. The van der Waals surface area contributed by atoms with Crippen molar-refractivity contribution in [1.82, 2.24) is 0 Å². The molecule has 0 saturated heterocycles. The van der Waals surface area contributed by atoms with Crippen molar-refractivity contribution in [1.29, 1.82) is 0 Å². The molecule has 0 atom stereocenters. The molecule has 0 aliphatic heterocycles. The van der Waals surface area contributed by atoms with Gasteiger partial charge >= 0.3 is 0 Å². The van der Waals surface area contributed by atoms with Crippen molar-refractivity contribution in [3.8, 4) is 16.9 Å². The Kier molecular flexibility index (Phi) is 4.58. The Hall–Kier alpha value is -1.85. The van der Waals surface area contributed by atoms with E-state index in [-0.39, 0.29) is 10.8 Å². The number of benzene rings is 2. The Morgan fingerprint density at radius 2 is 1.73 bits per heavy atom. The largest absolute Gasteiger partial charge is 0.744 e. The van der Waals surface area contributed by atoms with Crippen LogP contribution in [0.3, 0.4) is 0 Å². The zero-order chi connectivity index (χ0) is 16.5. The van der Waals surface area contributed by atoms with Crippen LogP contribution < -0.4 is 4.74 Å². The van der Waals surface area contributed by atoms with Gasteiger partial charge in [-0.1, -0.05) is 38.1 Å². The van der Waals surface area contributed by atoms with E-state index < -0.39 is 10.1 Å². The van der Waals surface area contributed by atoms with Crippen LogP contribution in [-0.4, -0.2) is 20.1 Å². The second kappa shape index (κ2) is 6.10. The van der Waals surface area contributed by atoms with Gasteiger partial charge in [0, 0.05) is 5.56 Å². The van der Waals surface area contributed by atoms with E-state index in [1.165, 1.54) is 13.2 Å². The van der Waals surface area contributed by atoms with E-state index in [4.69, 9.17) is 4.74 Å². The third kappa shape index (κ3) is 3.15. The molecule has 0 amide bonds. The first-order chi connectivity index (χ1) is 10.3. The molecule has 0 bridgehead atoms. The molecule has 0 fully saturated rings. The second-order valence-electron chi connectivity index (χ2n) is 5.51. The van der Waals surface area contributed by atoms with E-state index in [1.807, 2.05) is 45.0 Å². The summed E-state index contributed by atoms with van der Waals surface area (Å²) < 4.78 is 40.3. The summed E-state index contributed by atoms with van der Waals surface area (Å²) in [6.07, 6.45) is 0. The molecule has 0 aliphatic carbocycles. The molecular weight excluding hydrogens is 300 g/mol. The predicted molar refractivity (Wildman–Crippen MR) is 85.2 cm³/mol. The minimum Gasteiger partial charge on any atom is -0.744 e. The van der Waals surface area contributed by atoms with Gasteiger partial charge in [0.1, 0.15) is 15.9 Å². The molecule has 0 aliphatic rings. The number of rotatable bonds is 4. The van der Waals surface area contributed by atoms with Gasteiger partial charge in [-0.05, 0) is 41.7 Å². The highest BCUT2D eigenvalue weighted by atomic mass is 32.2. The molecule has 0 unspecified atom stereocenters. The first-order valence-electron chi connectivity index (χ1n) is 6.99. The highest BCUT2D eigenvalue weighted by molar-refractivity contribution is 7.85. The molecule has 0 spiro atoms. The van der Waals surface area contributed by atoms with Crippen molar-refractivity contribution in [2.75, 3.05) is 7.11 Å². The fourth-order valence-electron chi connectivity index (χ4n) is 2.50. The Morgan fingerprint density at radius 3 is 2.23 bits per heavy atom. The van der Waals surface area contributed by atoms with Gasteiger partial charge in [0.25, 0.3) is 0 Å². The fourth-order valence-corrected chi connectivity index (χ4v) is 3.34. The van der Waals surface area contributed by atoms with Crippen molar-refractivity contribution in [3.05, 3.63) is 47.5 Å². The summed E-state index contributed by atoms with van der Waals surface area (Å²) in [7, 11) is -3.02. The smallest absolute Gasteiger partial charge is 0.127 e. The van der Waals surface area contributed by atoms with Crippen LogP contribution in [0.25, 0.3) is 11.1 Å². The Morgan fingerprint density at radius 1 is 1.09 bits per heavy atom. The lowest BCUT2D eigenvalue weighted by atomic mass is 9.95. The molecular formula is C17H19O4S-. The summed E-state index contributed by atoms with van der Waals surface area (Å²) in [4.78, 5) is -0.179. The summed E-state index contributed by atoms with van der Waals surface area (Å²) in [5.74, 6) is 0.462. The van der Waals surface area contributed by atoms with Gasteiger partial charge in [-0.25, -0.2) is 8.42 Å². The molecule has 2 rings (SSSR count). The maximum atomic E-state index is 11.6. The van der Waals surface area contributed by atoms with Crippen LogP contribution >= 0.6 is 0 Å². The standard InChI is InChI=1S/C17H20O4S/c1-11(2)14-9-16(21-4)15(10-17(14)22(18,19)20)13-8-6-5-7-12(13)3/h5-11H,1-4H3,(H,18,19,20)/p-1. The van der Waals surface area contributed by atoms with Gasteiger partial charge in [0.15, 0.2) is 0 Å². The molecule has 0 saturated carbocycles. The van der Waals surface area contributed by atoms with Gasteiger partial charge in [-0.2, -0.15) is 0 Å². The van der Waals surface area contributed by atoms with Crippen molar-refractivity contribution >= 4 is 10.1 Å². The molecule has 5 heteroatoms. The maximum Gasteiger partial charge on any atom is 0.127 e. The third-order valence-corrected chi connectivity index (χ3v) is 4.55. The number of hydrogen-bond donors (Lipinski definition) is 0. The van der Waals surface area contributed by atoms with Gasteiger partial charge in [0.2, 0.25) is 0 Å². The quantitative estimate of drug-likeness (QED) is 0.806. The monoisotopic (exact) mass is 319 g/mol. The fraction of sp³-hybridized carbons (Fsp3) is 0.294. The van der Waals surface area contributed by atoms with Crippen LogP contribution in [0.4, 0.5) is 0 Å². The summed E-state index contributed by atoms with van der Waals surface area (Å²) in [6.45, 7) is 5.62. The van der Waals surface area contributed by atoms with Crippen molar-refractivity contribution in [2.45, 2.75) is 31.6 Å². The minimum atomic E-state index is -4.55. The second-order valence-corrected chi connectivity index (χ2v) is 6.86. The van der Waals surface area contributed by atoms with E-state index in [0.717, 1.165) is 11.1 Å². The molecule has 0 aromatic heterocycles. The predicted octanol–water partition coefficient (Wildman–Crippen LogP) is 3.70. The van der Waals surface area contributed by atoms with E-state index in [2.05, 4.69) is 0 Å². The highest BCUT2D eigenvalue weighted by Gasteiger charge is 2.18. The molecule has 2 aromatic carbocycles. The van der Waals surface area contributed by atoms with Crippen LogP contribution in [0, 0.1) is 6.92 Å². The molecule has 0 N–H and O–H groups in total. The lowest BCUT2D eigenvalue weighted by molar-refractivity contribution is 0.414. The topological polar surface area (TPSA) is 66.4 Å². The molecule has 22 heavy (non-hydrogen) atoms. The average Bonchev–Trinajstić information content (AvgIpc) is 2.45. The van der Waals surface area contributed by atoms with Crippen LogP contribution in [0.2, 0.25) is 0 Å². The average molecular weight is 319 g/mol. The van der Waals surface area contributed by atoms with Gasteiger partial charge in [0.05, 0.1) is 12.0 Å². The normalized spacial score (nSPS) is 11.7. The molecule has 0 heterocycles. The molecule has 118 valence electrons. The van der Waals surface area contributed by atoms with Crippen LogP contribution in [0.5, 0.6) is 5.75 Å². The highest BCUT2D eigenvalue weighted by Crippen LogP contribution is 2.38. The van der Waals surface area contributed by atoms with E-state index in [0.29, 0.717) is 16.9 Å².